The van der Waals surface area contributed by atoms with Crippen LogP contribution in [0, 0.1) is 0 Å². The van der Waals surface area contributed by atoms with Crippen LogP contribution in [-0.2, 0) is 10.9 Å². The van der Waals surface area contributed by atoms with Gasteiger partial charge in [-0.05, 0) is 20.8 Å². The first-order chi connectivity index (χ1) is 8.04. The Labute approximate surface area is 106 Å². The molecule has 1 aromatic carbocycles. The summed E-state index contributed by atoms with van der Waals surface area (Å²) in [5.41, 5.74) is 0.765. The third-order valence-corrected chi connectivity index (χ3v) is 5.99. The van der Waals surface area contributed by atoms with Crippen LogP contribution in [0.5, 0.6) is 0 Å². The van der Waals surface area contributed by atoms with E-state index in [1.54, 1.807) is 0 Å². The summed E-state index contributed by atoms with van der Waals surface area (Å²) < 4.78 is -0.390. The molecule has 0 amide bonds. The Morgan fingerprint density at radius 1 is 1.29 bits per heavy atom. The first-order valence-corrected chi connectivity index (χ1v) is 7.48. The highest BCUT2D eigenvalue weighted by molar-refractivity contribution is 7.98. The molecule has 0 aromatic heterocycles. The average molecular weight is 253 g/mol. The number of rotatable bonds is 6. The van der Waals surface area contributed by atoms with Gasteiger partial charge in [-0.2, -0.15) is 0 Å². The highest BCUT2D eigenvalue weighted by Crippen LogP contribution is 2.25. The lowest BCUT2D eigenvalue weighted by Crippen LogP contribution is -2.44. The second-order valence-corrected chi connectivity index (χ2v) is 7.41. The van der Waals surface area contributed by atoms with Crippen LogP contribution in [0.1, 0.15) is 31.1 Å². The molecule has 17 heavy (non-hydrogen) atoms. The number of aliphatic hydroxyl groups is 1. The molecule has 0 aliphatic carbocycles. The molecule has 2 nitrogen and oxygen atoms in total. The topological polar surface area (TPSA) is 37.3 Å². The van der Waals surface area contributed by atoms with E-state index in [-0.39, 0.29) is 23.3 Å². The van der Waals surface area contributed by atoms with E-state index >= 15 is 0 Å². The van der Waals surface area contributed by atoms with Crippen LogP contribution in [-0.4, -0.2) is 33.7 Å². The van der Waals surface area contributed by atoms with Crippen LogP contribution >= 0.6 is 0 Å². The second kappa shape index (κ2) is 6.22. The highest BCUT2D eigenvalue weighted by atomic mass is 32.2. The normalized spacial score (nSPS) is 13.4. The zero-order valence-electron chi connectivity index (χ0n) is 10.8. The molecule has 0 heterocycles. The fourth-order valence-corrected chi connectivity index (χ4v) is 4.06. The van der Waals surface area contributed by atoms with Gasteiger partial charge in [0.2, 0.25) is 5.78 Å². The van der Waals surface area contributed by atoms with Crippen LogP contribution < -0.4 is 0 Å². The van der Waals surface area contributed by atoms with Crippen molar-refractivity contribution in [1.82, 2.24) is 0 Å². The molecule has 0 aliphatic rings. The number of carbonyl (C=O) groups is 1. The Hall–Kier alpha value is -0.800. The molecule has 0 saturated heterocycles. The van der Waals surface area contributed by atoms with E-state index in [0.29, 0.717) is 5.75 Å². The molecule has 94 valence electrons. The predicted molar refractivity (Wildman–Crippen MR) is 74.7 cm³/mol. The minimum atomic E-state index is -0.390. The van der Waals surface area contributed by atoms with E-state index in [2.05, 4.69) is 6.92 Å². The van der Waals surface area contributed by atoms with Crippen molar-refractivity contribution in [2.45, 2.75) is 25.5 Å². The Bertz CT molecular complexity index is 360. The van der Waals surface area contributed by atoms with Crippen molar-refractivity contribution < 1.29 is 9.90 Å². The molecule has 1 rings (SSSR count). The maximum Gasteiger partial charge on any atom is 0.217 e. The van der Waals surface area contributed by atoms with Crippen molar-refractivity contribution in [2.24, 2.45) is 0 Å². The highest BCUT2D eigenvalue weighted by Gasteiger charge is 2.44. The number of benzene rings is 1. The van der Waals surface area contributed by atoms with Crippen LogP contribution in [0.25, 0.3) is 0 Å². The van der Waals surface area contributed by atoms with Crippen LogP contribution in [0.2, 0.25) is 0 Å². The largest absolute Gasteiger partial charge is 0.391 e. The summed E-state index contributed by atoms with van der Waals surface area (Å²) in [6.07, 6.45) is 0. The van der Waals surface area contributed by atoms with Crippen molar-refractivity contribution >= 4 is 16.7 Å². The second-order valence-electron chi connectivity index (χ2n) is 4.41. The molecule has 3 heteroatoms. The van der Waals surface area contributed by atoms with Gasteiger partial charge in [-0.1, -0.05) is 30.3 Å². The van der Waals surface area contributed by atoms with Gasteiger partial charge in [0, 0.05) is 16.5 Å². The third kappa shape index (κ3) is 3.33. The Balaban J connectivity index is 2.93. The van der Waals surface area contributed by atoms with Crippen LogP contribution in [0.3, 0.4) is 0 Å². The molecule has 1 unspecified atom stereocenters. The lowest BCUT2D eigenvalue weighted by molar-refractivity contribution is 0.0956. The zero-order chi connectivity index (χ0) is 12.9. The van der Waals surface area contributed by atoms with Gasteiger partial charge in [-0.15, -0.1) is 0 Å². The van der Waals surface area contributed by atoms with Gasteiger partial charge < -0.3 is 5.11 Å². The molecule has 0 saturated carbocycles. The minimum Gasteiger partial charge on any atom is -0.391 e. The number of aliphatic hydroxyl groups excluding tert-OH is 1. The SMILES string of the molecule is CC[S+](CCO)C(C)(C)C(=O)c1ccccc1. The molecule has 0 radical (unpaired) electrons. The lowest BCUT2D eigenvalue weighted by atomic mass is 10.0. The fraction of sp³-hybridized carbons (Fsp3) is 0.500. The summed E-state index contributed by atoms with van der Waals surface area (Å²) in [5.74, 6) is 1.82. The fourth-order valence-electron chi connectivity index (χ4n) is 1.94. The summed E-state index contributed by atoms with van der Waals surface area (Å²) in [6, 6.07) is 9.41. The van der Waals surface area contributed by atoms with E-state index in [1.807, 2.05) is 44.2 Å². The summed E-state index contributed by atoms with van der Waals surface area (Å²) >= 11 is 0. The maximum atomic E-state index is 12.5. The molecule has 0 bridgehead atoms. The molecule has 0 aliphatic heterocycles. The van der Waals surface area contributed by atoms with Crippen molar-refractivity contribution in [1.29, 1.82) is 0 Å². The van der Waals surface area contributed by atoms with E-state index in [4.69, 9.17) is 5.11 Å². The van der Waals surface area contributed by atoms with Gasteiger partial charge in [0.25, 0.3) is 0 Å². The van der Waals surface area contributed by atoms with Crippen molar-refractivity contribution in [3.63, 3.8) is 0 Å². The van der Waals surface area contributed by atoms with Gasteiger partial charge in [0.1, 0.15) is 11.5 Å². The Morgan fingerprint density at radius 2 is 1.88 bits per heavy atom. The van der Waals surface area contributed by atoms with Gasteiger partial charge in [-0.3, -0.25) is 4.79 Å². The summed E-state index contributed by atoms with van der Waals surface area (Å²) in [7, 11) is -0.0719. The number of carbonyl (C=O) groups excluding carboxylic acids is 1. The average Bonchev–Trinajstić information content (AvgIpc) is 2.35. The molecule has 1 N–H and O–H groups in total. The molecule has 1 aromatic rings. The van der Waals surface area contributed by atoms with Gasteiger partial charge in [0.15, 0.2) is 4.75 Å². The standard InChI is InChI=1S/C14H21O2S/c1-4-17(11-10-15)14(2,3)13(16)12-8-6-5-7-9-12/h5-9,15H,4,10-11H2,1-3H3/q+1. The predicted octanol–water partition coefficient (Wildman–Crippen LogP) is 2.28. The lowest BCUT2D eigenvalue weighted by Gasteiger charge is -2.23. The number of hydrogen-bond acceptors (Lipinski definition) is 2. The number of ketones is 1. The molecular formula is C14H21O2S+. The third-order valence-electron chi connectivity index (χ3n) is 2.99. The van der Waals surface area contributed by atoms with E-state index < -0.39 is 4.75 Å². The number of Topliss-reactive ketones (excluding diaryl/α,β-unsaturated/α-hetero) is 1. The first kappa shape index (κ1) is 14.3. The van der Waals surface area contributed by atoms with Crippen molar-refractivity contribution in [3.05, 3.63) is 35.9 Å². The summed E-state index contributed by atoms with van der Waals surface area (Å²) in [5, 5.41) is 9.08. The molecular weight excluding hydrogens is 232 g/mol. The summed E-state index contributed by atoms with van der Waals surface area (Å²) in [6.45, 7) is 6.22. The quantitative estimate of drug-likeness (QED) is 0.624. The van der Waals surface area contributed by atoms with E-state index in [9.17, 15) is 4.79 Å². The minimum absolute atomic E-state index is 0.0719. The molecule has 0 fully saturated rings. The number of hydrogen-bond donors (Lipinski definition) is 1. The monoisotopic (exact) mass is 253 g/mol. The maximum absolute atomic E-state index is 12.5. The first-order valence-electron chi connectivity index (χ1n) is 5.92. The van der Waals surface area contributed by atoms with Crippen molar-refractivity contribution in [2.75, 3.05) is 18.1 Å². The smallest absolute Gasteiger partial charge is 0.217 e. The van der Waals surface area contributed by atoms with E-state index in [0.717, 1.165) is 11.3 Å². The van der Waals surface area contributed by atoms with Gasteiger partial charge >= 0.3 is 0 Å². The summed E-state index contributed by atoms with van der Waals surface area (Å²) in [4.78, 5) is 12.5. The molecule has 0 spiro atoms. The van der Waals surface area contributed by atoms with Crippen LogP contribution in [0.4, 0.5) is 0 Å². The Kier molecular flexibility index (Phi) is 5.22. The van der Waals surface area contributed by atoms with E-state index in [1.165, 1.54) is 0 Å². The molecule has 1 atom stereocenters. The van der Waals surface area contributed by atoms with Crippen molar-refractivity contribution in [3.8, 4) is 0 Å². The van der Waals surface area contributed by atoms with Gasteiger partial charge in [0.05, 0.1) is 6.61 Å². The zero-order valence-corrected chi connectivity index (χ0v) is 11.6. The Morgan fingerprint density at radius 3 is 2.35 bits per heavy atom. The van der Waals surface area contributed by atoms with Crippen LogP contribution in [0.15, 0.2) is 30.3 Å². The van der Waals surface area contributed by atoms with Gasteiger partial charge in [-0.25, -0.2) is 0 Å².